The van der Waals surface area contributed by atoms with Gasteiger partial charge in [0.25, 0.3) is 5.91 Å². The number of carbonyl (C=O) groups excluding carboxylic acids is 1. The van der Waals surface area contributed by atoms with Crippen molar-refractivity contribution < 1.29 is 4.79 Å². The summed E-state index contributed by atoms with van der Waals surface area (Å²) in [5.41, 5.74) is 7.90. The lowest BCUT2D eigenvalue weighted by Crippen LogP contribution is -2.24. The summed E-state index contributed by atoms with van der Waals surface area (Å²) >= 11 is 0. The van der Waals surface area contributed by atoms with Crippen LogP contribution in [0, 0.1) is 18.8 Å². The highest BCUT2D eigenvalue weighted by Crippen LogP contribution is 2.10. The molecule has 0 aliphatic rings. The van der Waals surface area contributed by atoms with Crippen LogP contribution in [0.4, 0.5) is 0 Å². The highest BCUT2D eigenvalue weighted by Gasteiger charge is 2.05. The van der Waals surface area contributed by atoms with Crippen LogP contribution in [0.25, 0.3) is 0 Å². The Bertz CT molecular complexity index is 455. The molecule has 1 aromatic carbocycles. The predicted octanol–water partition coefficient (Wildman–Crippen LogP) is 1.45. The lowest BCUT2D eigenvalue weighted by Gasteiger charge is -2.05. The Balaban J connectivity index is 2.91. The molecule has 1 amide bonds. The van der Waals surface area contributed by atoms with E-state index in [0.717, 1.165) is 17.5 Å². The van der Waals surface area contributed by atoms with E-state index in [9.17, 15) is 4.79 Å². The number of carbonyl (C=O) groups is 1. The molecule has 0 saturated carbocycles. The van der Waals surface area contributed by atoms with Gasteiger partial charge in [-0.3, -0.25) is 4.79 Å². The van der Waals surface area contributed by atoms with Gasteiger partial charge in [0.15, 0.2) is 0 Å². The maximum atomic E-state index is 11.8. The molecule has 1 rings (SSSR count). The third-order valence-electron chi connectivity index (χ3n) is 2.36. The first-order chi connectivity index (χ1) is 8.19. The molecule has 0 bridgehead atoms. The van der Waals surface area contributed by atoms with Crippen LogP contribution < -0.4 is 11.1 Å². The van der Waals surface area contributed by atoms with E-state index in [1.165, 1.54) is 0 Å². The highest BCUT2D eigenvalue weighted by atomic mass is 16.1. The molecule has 0 atom stereocenters. The van der Waals surface area contributed by atoms with E-state index < -0.39 is 0 Å². The van der Waals surface area contributed by atoms with Gasteiger partial charge in [0.2, 0.25) is 0 Å². The molecule has 0 spiro atoms. The Morgan fingerprint density at radius 2 is 2.24 bits per heavy atom. The summed E-state index contributed by atoms with van der Waals surface area (Å²) in [6.45, 7) is 5.00. The van der Waals surface area contributed by atoms with Crippen molar-refractivity contribution in [3.63, 3.8) is 0 Å². The molecule has 0 aliphatic heterocycles. The van der Waals surface area contributed by atoms with Gasteiger partial charge in [0.05, 0.1) is 6.54 Å². The average Bonchev–Trinajstić information content (AvgIpc) is 2.35. The minimum absolute atomic E-state index is 0.0531. The summed E-state index contributed by atoms with van der Waals surface area (Å²) < 4.78 is 0. The van der Waals surface area contributed by atoms with Gasteiger partial charge in [-0.15, -0.1) is 0 Å². The zero-order chi connectivity index (χ0) is 12.7. The molecule has 0 unspecified atom stereocenters. The van der Waals surface area contributed by atoms with Gasteiger partial charge in [-0.1, -0.05) is 24.8 Å². The molecule has 0 heterocycles. The molecule has 1 aromatic rings. The molecule has 0 saturated heterocycles. The Morgan fingerprint density at radius 3 is 2.88 bits per heavy atom. The number of hydrogen-bond acceptors (Lipinski definition) is 2. The van der Waals surface area contributed by atoms with Crippen molar-refractivity contribution in [2.24, 2.45) is 5.73 Å². The molecule has 0 aliphatic carbocycles. The normalized spacial score (nSPS) is 9.35. The van der Waals surface area contributed by atoms with E-state index >= 15 is 0 Å². The van der Waals surface area contributed by atoms with E-state index in [2.05, 4.69) is 17.2 Å². The van der Waals surface area contributed by atoms with E-state index in [-0.39, 0.29) is 5.91 Å². The Labute approximate surface area is 102 Å². The number of benzene rings is 1. The summed E-state index contributed by atoms with van der Waals surface area (Å²) in [4.78, 5) is 11.8. The summed E-state index contributed by atoms with van der Waals surface area (Å²) in [6.07, 6.45) is 0.928. The minimum atomic E-state index is -0.0531. The van der Waals surface area contributed by atoms with Crippen LogP contribution >= 0.6 is 0 Å². The van der Waals surface area contributed by atoms with Gasteiger partial charge in [0.1, 0.15) is 0 Å². The second-order valence-electron chi connectivity index (χ2n) is 3.79. The van der Waals surface area contributed by atoms with Gasteiger partial charge in [-0.2, -0.15) is 0 Å². The summed E-state index contributed by atoms with van der Waals surface area (Å²) in [5.74, 6) is 5.72. The molecule has 3 heteroatoms. The maximum Gasteiger partial charge on any atom is 0.251 e. The number of rotatable bonds is 3. The third kappa shape index (κ3) is 3.93. The minimum Gasteiger partial charge on any atom is -0.352 e. The Hall–Kier alpha value is -1.79. The van der Waals surface area contributed by atoms with Gasteiger partial charge in [-0.25, -0.2) is 0 Å². The molecule has 17 heavy (non-hydrogen) atoms. The zero-order valence-corrected chi connectivity index (χ0v) is 10.3. The SMILES string of the molecule is CCCNC(=O)c1ccc(C)c(C#CCN)c1. The largest absolute Gasteiger partial charge is 0.352 e. The first-order valence-corrected chi connectivity index (χ1v) is 5.76. The molecule has 3 nitrogen and oxygen atoms in total. The number of nitrogens with two attached hydrogens (primary N) is 1. The molecule has 0 aromatic heterocycles. The lowest BCUT2D eigenvalue weighted by molar-refractivity contribution is 0.0953. The first-order valence-electron chi connectivity index (χ1n) is 5.76. The van der Waals surface area contributed by atoms with Crippen molar-refractivity contribution in [2.45, 2.75) is 20.3 Å². The molecule has 0 fully saturated rings. The maximum absolute atomic E-state index is 11.8. The van der Waals surface area contributed by atoms with Gasteiger partial charge in [-0.05, 0) is 31.0 Å². The average molecular weight is 230 g/mol. The van der Waals surface area contributed by atoms with Crippen molar-refractivity contribution in [2.75, 3.05) is 13.1 Å². The number of amides is 1. The van der Waals surface area contributed by atoms with Crippen molar-refractivity contribution >= 4 is 5.91 Å². The summed E-state index contributed by atoms with van der Waals surface area (Å²) in [5, 5.41) is 2.84. The van der Waals surface area contributed by atoms with Crippen LogP contribution in [-0.2, 0) is 0 Å². The standard InChI is InChI=1S/C14H18N2O/c1-3-9-16-14(17)13-7-6-11(2)12(10-13)5-4-8-15/h6-7,10H,3,8-9,15H2,1-2H3,(H,16,17). The van der Waals surface area contributed by atoms with Crippen molar-refractivity contribution in [3.8, 4) is 11.8 Å². The monoisotopic (exact) mass is 230 g/mol. The van der Waals surface area contributed by atoms with Crippen LogP contribution in [-0.4, -0.2) is 19.0 Å². The van der Waals surface area contributed by atoms with Crippen LogP contribution in [0.5, 0.6) is 0 Å². The van der Waals surface area contributed by atoms with Crippen molar-refractivity contribution in [1.29, 1.82) is 0 Å². The first kappa shape index (κ1) is 13.3. The predicted molar refractivity (Wildman–Crippen MR) is 69.7 cm³/mol. The molecular weight excluding hydrogens is 212 g/mol. The number of hydrogen-bond donors (Lipinski definition) is 2. The summed E-state index contributed by atoms with van der Waals surface area (Å²) in [6, 6.07) is 5.53. The highest BCUT2D eigenvalue weighted by molar-refractivity contribution is 5.94. The van der Waals surface area contributed by atoms with Crippen LogP contribution in [0.3, 0.4) is 0 Å². The Morgan fingerprint density at radius 1 is 1.47 bits per heavy atom. The number of nitrogens with one attached hydrogen (secondary N) is 1. The fourth-order valence-electron chi connectivity index (χ4n) is 1.38. The van der Waals surface area contributed by atoms with Crippen molar-refractivity contribution in [3.05, 3.63) is 34.9 Å². The van der Waals surface area contributed by atoms with E-state index in [1.54, 1.807) is 0 Å². The van der Waals surface area contributed by atoms with E-state index in [1.807, 2.05) is 32.0 Å². The number of aryl methyl sites for hydroxylation is 1. The lowest BCUT2D eigenvalue weighted by atomic mass is 10.0. The third-order valence-corrected chi connectivity index (χ3v) is 2.36. The van der Waals surface area contributed by atoms with Crippen LogP contribution in [0.15, 0.2) is 18.2 Å². The van der Waals surface area contributed by atoms with Gasteiger partial charge in [0, 0.05) is 17.7 Å². The second-order valence-corrected chi connectivity index (χ2v) is 3.79. The molecular formula is C14H18N2O. The van der Waals surface area contributed by atoms with Crippen molar-refractivity contribution in [1.82, 2.24) is 5.32 Å². The van der Waals surface area contributed by atoms with Crippen LogP contribution in [0.1, 0.15) is 34.8 Å². The second kappa shape index (κ2) is 6.72. The van der Waals surface area contributed by atoms with E-state index in [0.29, 0.717) is 18.7 Å². The molecule has 0 radical (unpaired) electrons. The fraction of sp³-hybridized carbons (Fsp3) is 0.357. The summed E-state index contributed by atoms with van der Waals surface area (Å²) in [7, 11) is 0. The van der Waals surface area contributed by atoms with E-state index in [4.69, 9.17) is 5.73 Å². The molecule has 90 valence electrons. The van der Waals surface area contributed by atoms with Gasteiger partial charge < -0.3 is 11.1 Å². The topological polar surface area (TPSA) is 55.1 Å². The van der Waals surface area contributed by atoms with Crippen LogP contribution in [0.2, 0.25) is 0 Å². The fourth-order valence-corrected chi connectivity index (χ4v) is 1.38. The quantitative estimate of drug-likeness (QED) is 0.772. The Kier molecular flexibility index (Phi) is 5.25. The smallest absolute Gasteiger partial charge is 0.251 e. The molecule has 3 N–H and O–H groups in total. The zero-order valence-electron chi connectivity index (χ0n) is 10.3. The van der Waals surface area contributed by atoms with Gasteiger partial charge >= 0.3 is 0 Å².